The average molecular weight is 291 g/mol. The number of carbonyl (C=O) groups excluding carboxylic acids is 2. The number of carbonyl (C=O) groups is 2. The van der Waals surface area contributed by atoms with E-state index in [1.165, 1.54) is 0 Å². The molecule has 2 amide bonds. The summed E-state index contributed by atoms with van der Waals surface area (Å²) in [4.78, 5) is 26.3. The van der Waals surface area contributed by atoms with Crippen molar-refractivity contribution < 1.29 is 9.59 Å². The summed E-state index contributed by atoms with van der Waals surface area (Å²) in [6, 6.07) is 7.14. The average Bonchev–Trinajstić information content (AvgIpc) is 2.49. The number of hydrogen-bond acceptors (Lipinski definition) is 3. The van der Waals surface area contributed by atoms with Crippen molar-refractivity contribution in [2.75, 3.05) is 32.0 Å². The van der Waals surface area contributed by atoms with Gasteiger partial charge in [0.1, 0.15) is 0 Å². The van der Waals surface area contributed by atoms with Crippen LogP contribution in [0.3, 0.4) is 0 Å². The summed E-state index contributed by atoms with van der Waals surface area (Å²) in [5.41, 5.74) is 1.11. The summed E-state index contributed by atoms with van der Waals surface area (Å²) < 4.78 is 0. The molecule has 0 fully saturated rings. The summed E-state index contributed by atoms with van der Waals surface area (Å²) in [6.07, 6.45) is 0. The van der Waals surface area contributed by atoms with E-state index < -0.39 is 0 Å². The maximum atomic E-state index is 12.5. The van der Waals surface area contributed by atoms with Crippen LogP contribution in [0.1, 0.15) is 31.1 Å². The lowest BCUT2D eigenvalue weighted by molar-refractivity contribution is -0.119. The third-order valence-corrected chi connectivity index (χ3v) is 3.42. The number of rotatable bonds is 7. The normalized spacial score (nSPS) is 11.8. The van der Waals surface area contributed by atoms with Crippen molar-refractivity contribution >= 4 is 17.5 Å². The van der Waals surface area contributed by atoms with E-state index in [-0.39, 0.29) is 17.7 Å². The minimum atomic E-state index is -0.161. The van der Waals surface area contributed by atoms with Gasteiger partial charge in [0.15, 0.2) is 0 Å². The summed E-state index contributed by atoms with van der Waals surface area (Å²) in [6.45, 7) is 7.62. The number of hydrogen-bond donors (Lipinski definition) is 2. The van der Waals surface area contributed by atoms with Crippen molar-refractivity contribution in [3.63, 3.8) is 0 Å². The lowest BCUT2D eigenvalue weighted by Crippen LogP contribution is -2.32. The van der Waals surface area contributed by atoms with Gasteiger partial charge < -0.3 is 15.5 Å². The van der Waals surface area contributed by atoms with E-state index in [0.29, 0.717) is 30.9 Å². The predicted molar refractivity (Wildman–Crippen MR) is 85.4 cm³/mol. The van der Waals surface area contributed by atoms with Crippen LogP contribution in [0, 0.1) is 5.92 Å². The Balaban J connectivity index is 2.94. The molecule has 5 heteroatoms. The fourth-order valence-electron chi connectivity index (χ4n) is 2.11. The van der Waals surface area contributed by atoms with Crippen molar-refractivity contribution in [1.82, 2.24) is 10.2 Å². The highest BCUT2D eigenvalue weighted by Gasteiger charge is 2.19. The second-order valence-electron chi connectivity index (χ2n) is 4.97. The molecule has 1 aromatic rings. The number of para-hydroxylation sites is 1. The molecule has 0 bridgehead atoms. The van der Waals surface area contributed by atoms with Gasteiger partial charge in [-0.3, -0.25) is 9.59 Å². The van der Waals surface area contributed by atoms with Gasteiger partial charge in [0.25, 0.3) is 5.91 Å². The first-order chi connectivity index (χ1) is 10.0. The van der Waals surface area contributed by atoms with Crippen LogP contribution in [0.15, 0.2) is 24.3 Å². The lowest BCUT2D eigenvalue weighted by atomic mass is 10.1. The first-order valence-corrected chi connectivity index (χ1v) is 7.38. The molecule has 2 N–H and O–H groups in total. The van der Waals surface area contributed by atoms with Gasteiger partial charge in [0, 0.05) is 25.6 Å². The summed E-state index contributed by atoms with van der Waals surface area (Å²) in [5, 5.41) is 5.82. The third-order valence-electron chi connectivity index (χ3n) is 3.42. The van der Waals surface area contributed by atoms with Crippen molar-refractivity contribution in [3.8, 4) is 0 Å². The van der Waals surface area contributed by atoms with Crippen LogP contribution < -0.4 is 10.6 Å². The van der Waals surface area contributed by atoms with Crippen molar-refractivity contribution in [2.45, 2.75) is 20.8 Å². The Morgan fingerprint density at radius 2 is 1.81 bits per heavy atom. The third kappa shape index (κ3) is 4.56. The summed E-state index contributed by atoms with van der Waals surface area (Å²) >= 11 is 0. The predicted octanol–water partition coefficient (Wildman–Crippen LogP) is 1.96. The zero-order chi connectivity index (χ0) is 15.8. The zero-order valence-corrected chi connectivity index (χ0v) is 13.3. The highest BCUT2D eigenvalue weighted by atomic mass is 16.2. The molecule has 21 heavy (non-hydrogen) atoms. The molecule has 0 aromatic heterocycles. The van der Waals surface area contributed by atoms with Gasteiger partial charge in [-0.2, -0.15) is 0 Å². The van der Waals surface area contributed by atoms with Crippen LogP contribution in [0.4, 0.5) is 5.69 Å². The van der Waals surface area contributed by atoms with E-state index in [1.807, 2.05) is 40.0 Å². The van der Waals surface area contributed by atoms with Gasteiger partial charge in [-0.25, -0.2) is 0 Å². The van der Waals surface area contributed by atoms with Crippen LogP contribution in [-0.2, 0) is 4.79 Å². The Morgan fingerprint density at radius 3 is 2.38 bits per heavy atom. The molecule has 5 nitrogen and oxygen atoms in total. The van der Waals surface area contributed by atoms with E-state index in [0.717, 1.165) is 0 Å². The molecule has 0 saturated carbocycles. The molecule has 0 aliphatic heterocycles. The quantitative estimate of drug-likeness (QED) is 0.807. The van der Waals surface area contributed by atoms with Gasteiger partial charge in [-0.1, -0.05) is 19.1 Å². The first-order valence-electron chi connectivity index (χ1n) is 7.38. The van der Waals surface area contributed by atoms with Gasteiger partial charge in [0.05, 0.1) is 11.3 Å². The number of benzene rings is 1. The molecule has 0 radical (unpaired) electrons. The fraction of sp³-hybridized carbons (Fsp3) is 0.500. The zero-order valence-electron chi connectivity index (χ0n) is 13.3. The second-order valence-corrected chi connectivity index (χ2v) is 4.97. The largest absolute Gasteiger partial charge is 0.339 e. The topological polar surface area (TPSA) is 61.4 Å². The van der Waals surface area contributed by atoms with E-state index >= 15 is 0 Å². The molecule has 1 atom stereocenters. The lowest BCUT2D eigenvalue weighted by Gasteiger charge is -2.21. The van der Waals surface area contributed by atoms with Crippen LogP contribution >= 0.6 is 0 Å². The Hall–Kier alpha value is -1.88. The molecule has 1 unspecified atom stereocenters. The molecule has 0 aliphatic carbocycles. The maximum absolute atomic E-state index is 12.5. The monoisotopic (exact) mass is 291 g/mol. The minimum absolute atomic E-state index is 0.0582. The van der Waals surface area contributed by atoms with Crippen LogP contribution in [0.2, 0.25) is 0 Å². The van der Waals surface area contributed by atoms with E-state index in [2.05, 4.69) is 10.6 Å². The second kappa shape index (κ2) is 8.42. The van der Waals surface area contributed by atoms with Gasteiger partial charge in [-0.05, 0) is 33.0 Å². The smallest absolute Gasteiger partial charge is 0.255 e. The molecule has 0 heterocycles. The molecule has 0 aliphatic rings. The standard InChI is InChI=1S/C16H25N3O2/c1-5-19(6-2)16(21)13-9-7-8-10-14(13)18-15(20)12(3)11-17-4/h7-10,12,17H,5-6,11H2,1-4H3,(H,18,20). The number of anilines is 1. The number of nitrogens with one attached hydrogen (secondary N) is 2. The highest BCUT2D eigenvalue weighted by molar-refractivity contribution is 6.04. The van der Waals surface area contributed by atoms with Gasteiger partial charge >= 0.3 is 0 Å². The molecule has 0 saturated heterocycles. The molecular formula is C16H25N3O2. The van der Waals surface area contributed by atoms with Crippen LogP contribution in [-0.4, -0.2) is 43.4 Å². The summed E-state index contributed by atoms with van der Waals surface area (Å²) in [5.74, 6) is -0.312. The SMILES string of the molecule is CCN(CC)C(=O)c1ccccc1NC(=O)C(C)CNC. The summed E-state index contributed by atoms with van der Waals surface area (Å²) in [7, 11) is 1.81. The van der Waals surface area contributed by atoms with Crippen molar-refractivity contribution in [2.24, 2.45) is 5.92 Å². The van der Waals surface area contributed by atoms with Crippen molar-refractivity contribution in [3.05, 3.63) is 29.8 Å². The molecule has 0 spiro atoms. The van der Waals surface area contributed by atoms with Crippen LogP contribution in [0.25, 0.3) is 0 Å². The Kier molecular flexibility index (Phi) is 6.88. The van der Waals surface area contributed by atoms with E-state index in [9.17, 15) is 9.59 Å². The molecule has 1 rings (SSSR count). The molecule has 1 aromatic carbocycles. The molecule has 116 valence electrons. The van der Waals surface area contributed by atoms with Crippen LogP contribution in [0.5, 0.6) is 0 Å². The molecular weight excluding hydrogens is 266 g/mol. The minimum Gasteiger partial charge on any atom is -0.339 e. The Morgan fingerprint density at radius 1 is 1.19 bits per heavy atom. The number of amides is 2. The Labute approximate surface area is 126 Å². The number of nitrogens with zero attached hydrogens (tertiary/aromatic N) is 1. The van der Waals surface area contributed by atoms with Gasteiger partial charge in [0.2, 0.25) is 5.91 Å². The highest BCUT2D eigenvalue weighted by Crippen LogP contribution is 2.18. The first kappa shape index (κ1) is 17.2. The Bertz CT molecular complexity index is 484. The fourth-order valence-corrected chi connectivity index (χ4v) is 2.11. The van der Waals surface area contributed by atoms with Crippen molar-refractivity contribution in [1.29, 1.82) is 0 Å². The van der Waals surface area contributed by atoms with E-state index in [4.69, 9.17) is 0 Å². The van der Waals surface area contributed by atoms with Gasteiger partial charge in [-0.15, -0.1) is 0 Å². The van der Waals surface area contributed by atoms with E-state index in [1.54, 1.807) is 17.0 Å². The maximum Gasteiger partial charge on any atom is 0.255 e.